The topological polar surface area (TPSA) is 88.0 Å². The molecule has 0 amide bonds. The minimum Gasteiger partial charge on any atom is -0.472 e. The van der Waals surface area contributed by atoms with Crippen molar-refractivity contribution in [1.29, 1.82) is 0 Å². The molecule has 3 heterocycles. The second kappa shape index (κ2) is 7.69. The monoisotopic (exact) mass is 322 g/mol. The number of hydrogen-bond donors (Lipinski definition) is 1. The molecule has 23 heavy (non-hydrogen) atoms. The molecule has 0 saturated carbocycles. The highest BCUT2D eigenvalue weighted by molar-refractivity contribution is 5.49. The quantitative estimate of drug-likeness (QED) is 0.786. The van der Waals surface area contributed by atoms with Crippen LogP contribution in [0.3, 0.4) is 0 Å². The van der Waals surface area contributed by atoms with Crippen LogP contribution in [0.2, 0.25) is 0 Å². The zero-order valence-electron chi connectivity index (χ0n) is 13.2. The normalized spacial score (nSPS) is 17.7. The van der Waals surface area contributed by atoms with E-state index in [1.54, 1.807) is 18.6 Å². The van der Waals surface area contributed by atoms with Gasteiger partial charge in [-0.25, -0.2) is 0 Å². The molecule has 1 aliphatic rings. The Morgan fingerprint density at radius 3 is 2.96 bits per heavy atom. The Morgan fingerprint density at radius 2 is 2.22 bits per heavy atom. The summed E-state index contributed by atoms with van der Waals surface area (Å²) in [5.41, 5.74) is 0.763. The molecule has 1 fully saturated rings. The van der Waals surface area contributed by atoms with Crippen molar-refractivity contribution >= 4 is 0 Å². The highest BCUT2D eigenvalue weighted by atomic mass is 16.5. The number of aliphatic hydroxyl groups is 1. The van der Waals surface area contributed by atoms with Crippen LogP contribution < -0.4 is 0 Å². The van der Waals surface area contributed by atoms with Crippen molar-refractivity contribution in [3.63, 3.8) is 0 Å². The molecule has 1 atom stereocenters. The van der Waals surface area contributed by atoms with Gasteiger partial charge in [0, 0.05) is 26.2 Å². The van der Waals surface area contributed by atoms with Gasteiger partial charge in [0.05, 0.1) is 37.7 Å². The van der Waals surface area contributed by atoms with Crippen molar-refractivity contribution < 1.29 is 18.8 Å². The van der Waals surface area contributed by atoms with E-state index in [1.807, 2.05) is 11.9 Å². The maximum Gasteiger partial charge on any atom is 0.261 e. The molecule has 2 aromatic heterocycles. The predicted octanol–water partition coefficient (Wildman–Crippen LogP) is 0.454. The van der Waals surface area contributed by atoms with E-state index < -0.39 is 6.10 Å². The van der Waals surface area contributed by atoms with E-state index in [1.165, 1.54) is 0 Å². The van der Waals surface area contributed by atoms with Crippen LogP contribution in [0.4, 0.5) is 0 Å². The van der Waals surface area contributed by atoms with Gasteiger partial charge in [-0.05, 0) is 13.1 Å². The van der Waals surface area contributed by atoms with Gasteiger partial charge < -0.3 is 18.8 Å². The fraction of sp³-hybridized carbons (Fsp3) is 0.600. The third-order valence-corrected chi connectivity index (χ3v) is 3.74. The number of β-amino-alcohol motifs (C(OH)–C–C–N with tert-alkyl or cyclic N) is 1. The SMILES string of the molecule is CN(Cc1noc(-c2ccoc2)n1)CC(O)CN1CCOCC1. The molecule has 1 N–H and O–H groups in total. The highest BCUT2D eigenvalue weighted by Crippen LogP contribution is 2.17. The first kappa shape index (κ1) is 16.1. The lowest BCUT2D eigenvalue weighted by molar-refractivity contribution is 0.00808. The van der Waals surface area contributed by atoms with Crippen molar-refractivity contribution in [3.05, 3.63) is 24.4 Å². The van der Waals surface area contributed by atoms with Gasteiger partial charge in [-0.15, -0.1) is 0 Å². The Balaban J connectivity index is 1.46. The number of hydrogen-bond acceptors (Lipinski definition) is 8. The van der Waals surface area contributed by atoms with Crippen molar-refractivity contribution in [1.82, 2.24) is 19.9 Å². The Labute approximate surface area is 134 Å². The van der Waals surface area contributed by atoms with Crippen LogP contribution in [-0.4, -0.2) is 77.6 Å². The lowest BCUT2D eigenvalue weighted by Gasteiger charge is -2.29. The van der Waals surface area contributed by atoms with Gasteiger partial charge in [0.1, 0.15) is 6.26 Å². The number of nitrogens with zero attached hydrogens (tertiary/aromatic N) is 4. The number of aliphatic hydroxyl groups excluding tert-OH is 1. The lowest BCUT2D eigenvalue weighted by atomic mass is 10.3. The van der Waals surface area contributed by atoms with Crippen molar-refractivity contribution in [3.8, 4) is 11.5 Å². The standard InChI is InChI=1S/C15H22N4O4/c1-18(8-13(20)9-19-3-6-21-7-4-19)10-14-16-15(23-17-14)12-2-5-22-11-12/h2,5,11,13,20H,3-4,6-10H2,1H3. The third-order valence-electron chi connectivity index (χ3n) is 3.74. The summed E-state index contributed by atoms with van der Waals surface area (Å²) in [6, 6.07) is 1.77. The van der Waals surface area contributed by atoms with Gasteiger partial charge in [-0.3, -0.25) is 9.80 Å². The fourth-order valence-electron chi connectivity index (χ4n) is 2.63. The molecular weight excluding hydrogens is 300 g/mol. The second-order valence-electron chi connectivity index (χ2n) is 5.79. The molecular formula is C15H22N4O4. The van der Waals surface area contributed by atoms with Crippen LogP contribution in [0.1, 0.15) is 5.82 Å². The summed E-state index contributed by atoms with van der Waals surface area (Å²) in [5.74, 6) is 1.03. The van der Waals surface area contributed by atoms with E-state index in [2.05, 4.69) is 15.0 Å². The maximum absolute atomic E-state index is 10.2. The van der Waals surface area contributed by atoms with Gasteiger partial charge in [0.15, 0.2) is 5.82 Å². The number of aromatic nitrogens is 2. The van der Waals surface area contributed by atoms with E-state index in [-0.39, 0.29) is 0 Å². The fourth-order valence-corrected chi connectivity index (χ4v) is 2.63. The summed E-state index contributed by atoms with van der Waals surface area (Å²) < 4.78 is 15.5. The van der Waals surface area contributed by atoms with E-state index in [4.69, 9.17) is 13.7 Å². The average Bonchev–Trinajstić information content (AvgIpc) is 3.18. The summed E-state index contributed by atoms with van der Waals surface area (Å²) in [6.07, 6.45) is 2.71. The molecule has 0 bridgehead atoms. The summed E-state index contributed by atoms with van der Waals surface area (Å²) >= 11 is 0. The first-order valence-corrected chi connectivity index (χ1v) is 7.72. The van der Waals surface area contributed by atoms with Crippen LogP contribution in [0.25, 0.3) is 11.5 Å². The second-order valence-corrected chi connectivity index (χ2v) is 5.79. The minimum absolute atomic E-state index is 0.418. The summed E-state index contributed by atoms with van der Waals surface area (Å²) in [7, 11) is 1.93. The van der Waals surface area contributed by atoms with Gasteiger partial charge in [-0.2, -0.15) is 4.98 Å². The van der Waals surface area contributed by atoms with Crippen molar-refractivity contribution in [2.45, 2.75) is 12.6 Å². The molecule has 0 aromatic carbocycles. The van der Waals surface area contributed by atoms with Crippen molar-refractivity contribution in [2.24, 2.45) is 0 Å². The van der Waals surface area contributed by atoms with E-state index in [0.29, 0.717) is 31.3 Å². The van der Waals surface area contributed by atoms with Gasteiger partial charge in [0.25, 0.3) is 5.89 Å². The predicted molar refractivity (Wildman–Crippen MR) is 81.6 cm³/mol. The molecule has 0 aliphatic carbocycles. The maximum atomic E-state index is 10.2. The van der Waals surface area contributed by atoms with Gasteiger partial charge >= 0.3 is 0 Å². The van der Waals surface area contributed by atoms with Crippen LogP contribution >= 0.6 is 0 Å². The minimum atomic E-state index is -0.418. The molecule has 8 heteroatoms. The zero-order chi connectivity index (χ0) is 16.1. The number of morpholine rings is 1. The smallest absolute Gasteiger partial charge is 0.261 e. The zero-order valence-corrected chi connectivity index (χ0v) is 13.2. The van der Waals surface area contributed by atoms with Crippen LogP contribution in [0, 0.1) is 0 Å². The Hall–Kier alpha value is -1.74. The molecule has 126 valence electrons. The lowest BCUT2D eigenvalue weighted by Crippen LogP contribution is -2.44. The third kappa shape index (κ3) is 4.61. The first-order valence-electron chi connectivity index (χ1n) is 7.72. The molecule has 2 aromatic rings. The summed E-state index contributed by atoms with van der Waals surface area (Å²) in [5, 5.41) is 14.2. The van der Waals surface area contributed by atoms with E-state index >= 15 is 0 Å². The van der Waals surface area contributed by atoms with E-state index in [0.717, 1.165) is 31.9 Å². The Kier molecular flexibility index (Phi) is 5.39. The first-order chi connectivity index (χ1) is 11.2. The highest BCUT2D eigenvalue weighted by Gasteiger charge is 2.17. The average molecular weight is 322 g/mol. The molecule has 1 saturated heterocycles. The van der Waals surface area contributed by atoms with Gasteiger partial charge in [-0.1, -0.05) is 5.16 Å². The molecule has 1 aliphatic heterocycles. The van der Waals surface area contributed by atoms with Crippen LogP contribution in [0.5, 0.6) is 0 Å². The Bertz CT molecular complexity index is 580. The Morgan fingerprint density at radius 1 is 1.39 bits per heavy atom. The summed E-state index contributed by atoms with van der Waals surface area (Å²) in [6.45, 7) is 4.94. The largest absolute Gasteiger partial charge is 0.472 e. The van der Waals surface area contributed by atoms with Crippen molar-refractivity contribution in [2.75, 3.05) is 46.4 Å². The molecule has 3 rings (SSSR count). The molecule has 1 unspecified atom stereocenters. The summed E-state index contributed by atoms with van der Waals surface area (Å²) in [4.78, 5) is 8.52. The van der Waals surface area contributed by atoms with Crippen LogP contribution in [0.15, 0.2) is 27.5 Å². The number of likely N-dealkylation sites (N-methyl/N-ethyl adjacent to an activating group) is 1. The number of furan rings is 1. The molecule has 8 nitrogen and oxygen atoms in total. The molecule has 0 radical (unpaired) electrons. The van der Waals surface area contributed by atoms with E-state index in [9.17, 15) is 5.11 Å². The van der Waals surface area contributed by atoms with Crippen LogP contribution in [-0.2, 0) is 11.3 Å². The van der Waals surface area contributed by atoms with Gasteiger partial charge in [0.2, 0.25) is 0 Å². The number of ether oxygens (including phenoxy) is 1. The number of rotatable bonds is 7. The molecule has 0 spiro atoms.